The van der Waals surface area contributed by atoms with Crippen molar-refractivity contribution in [3.63, 3.8) is 0 Å². The van der Waals surface area contributed by atoms with E-state index in [0.717, 1.165) is 17.9 Å². The molecule has 0 aliphatic carbocycles. The second-order valence-corrected chi connectivity index (χ2v) is 3.59. The van der Waals surface area contributed by atoms with E-state index in [4.69, 9.17) is 9.47 Å². The molecule has 0 unspecified atom stereocenters. The Labute approximate surface area is 97.8 Å². The molecule has 0 saturated carbocycles. The van der Waals surface area contributed by atoms with Gasteiger partial charge in [-0.05, 0) is 38.1 Å². The van der Waals surface area contributed by atoms with Gasteiger partial charge in [-0.3, -0.25) is 0 Å². The van der Waals surface area contributed by atoms with Crippen LogP contribution in [0.1, 0.15) is 31.9 Å². The predicted molar refractivity (Wildman–Crippen MR) is 66.3 cm³/mol. The number of hydrogen-bond acceptors (Lipinski definition) is 3. The highest BCUT2D eigenvalue weighted by Crippen LogP contribution is 2.30. The van der Waals surface area contributed by atoms with Crippen molar-refractivity contribution in [2.45, 2.75) is 26.3 Å². The van der Waals surface area contributed by atoms with E-state index in [2.05, 4.69) is 18.3 Å². The fraction of sp³-hybridized carbons (Fsp3) is 0.538. The van der Waals surface area contributed by atoms with Gasteiger partial charge in [-0.1, -0.05) is 13.0 Å². The molecule has 90 valence electrons. The van der Waals surface area contributed by atoms with Gasteiger partial charge in [0.25, 0.3) is 0 Å². The zero-order valence-electron chi connectivity index (χ0n) is 10.5. The molecule has 16 heavy (non-hydrogen) atoms. The summed E-state index contributed by atoms with van der Waals surface area (Å²) in [7, 11) is 3.64. The number of ether oxygens (including phenoxy) is 2. The van der Waals surface area contributed by atoms with Crippen LogP contribution in [0.5, 0.6) is 11.5 Å². The lowest BCUT2D eigenvalue weighted by Crippen LogP contribution is -2.15. The van der Waals surface area contributed by atoms with Crippen LogP contribution >= 0.6 is 0 Å². The van der Waals surface area contributed by atoms with Crippen molar-refractivity contribution in [3.8, 4) is 11.5 Å². The molecule has 1 rings (SSSR count). The summed E-state index contributed by atoms with van der Waals surface area (Å²) in [4.78, 5) is 0. The largest absolute Gasteiger partial charge is 0.493 e. The molecule has 0 aliphatic rings. The molecule has 0 heterocycles. The van der Waals surface area contributed by atoms with Crippen molar-refractivity contribution in [1.82, 2.24) is 5.32 Å². The van der Waals surface area contributed by atoms with Gasteiger partial charge in [-0.2, -0.15) is 0 Å². The van der Waals surface area contributed by atoms with E-state index in [9.17, 15) is 0 Å². The number of rotatable bonds is 6. The number of hydrogen-bond donors (Lipinski definition) is 1. The minimum absolute atomic E-state index is 0.365. The van der Waals surface area contributed by atoms with Gasteiger partial charge >= 0.3 is 0 Å². The molecule has 3 heteroatoms. The third kappa shape index (κ3) is 2.89. The minimum Gasteiger partial charge on any atom is -0.493 e. The molecule has 3 nitrogen and oxygen atoms in total. The normalized spacial score (nSPS) is 12.2. The monoisotopic (exact) mass is 223 g/mol. The average Bonchev–Trinajstić information content (AvgIpc) is 2.32. The lowest BCUT2D eigenvalue weighted by Gasteiger charge is -2.17. The molecule has 0 aromatic heterocycles. The fourth-order valence-electron chi connectivity index (χ4n) is 1.78. The van der Waals surface area contributed by atoms with Crippen LogP contribution in [0, 0.1) is 0 Å². The third-order valence-electron chi connectivity index (χ3n) is 2.65. The van der Waals surface area contributed by atoms with E-state index >= 15 is 0 Å². The van der Waals surface area contributed by atoms with Crippen LogP contribution in [0.2, 0.25) is 0 Å². The van der Waals surface area contributed by atoms with Crippen LogP contribution in [-0.4, -0.2) is 20.8 Å². The summed E-state index contributed by atoms with van der Waals surface area (Å²) >= 11 is 0. The summed E-state index contributed by atoms with van der Waals surface area (Å²) in [6, 6.07) is 6.45. The van der Waals surface area contributed by atoms with Crippen LogP contribution < -0.4 is 14.8 Å². The molecule has 0 radical (unpaired) electrons. The molecule has 0 spiro atoms. The fourth-order valence-corrected chi connectivity index (χ4v) is 1.78. The van der Waals surface area contributed by atoms with E-state index in [0.29, 0.717) is 12.6 Å². The number of methoxy groups -OCH3 is 1. The lowest BCUT2D eigenvalue weighted by molar-refractivity contribution is 0.310. The van der Waals surface area contributed by atoms with Crippen molar-refractivity contribution < 1.29 is 9.47 Å². The highest BCUT2D eigenvalue weighted by Gasteiger charge is 2.10. The Kier molecular flexibility index (Phi) is 5.12. The highest BCUT2D eigenvalue weighted by molar-refractivity contribution is 5.43. The zero-order chi connectivity index (χ0) is 12.0. The summed E-state index contributed by atoms with van der Waals surface area (Å²) in [5, 5.41) is 3.27. The second-order valence-electron chi connectivity index (χ2n) is 3.59. The minimum atomic E-state index is 0.365. The standard InChI is InChI=1S/C13H21NO2/c1-5-11(14-3)10-7-8-12(16-6-2)13(9-10)15-4/h7-9,11,14H,5-6H2,1-4H3/t11-/m1/s1. The topological polar surface area (TPSA) is 30.5 Å². The average molecular weight is 223 g/mol. The molecular weight excluding hydrogens is 202 g/mol. The van der Waals surface area contributed by atoms with Crippen LogP contribution in [0.15, 0.2) is 18.2 Å². The summed E-state index contributed by atoms with van der Waals surface area (Å²) in [5.74, 6) is 1.60. The van der Waals surface area contributed by atoms with Crippen LogP contribution in [-0.2, 0) is 0 Å². The van der Waals surface area contributed by atoms with Crippen molar-refractivity contribution in [2.75, 3.05) is 20.8 Å². The highest BCUT2D eigenvalue weighted by atomic mass is 16.5. The van der Waals surface area contributed by atoms with Crippen LogP contribution in [0.25, 0.3) is 0 Å². The lowest BCUT2D eigenvalue weighted by atomic mass is 10.0. The maximum Gasteiger partial charge on any atom is 0.161 e. The van der Waals surface area contributed by atoms with Gasteiger partial charge in [-0.25, -0.2) is 0 Å². The van der Waals surface area contributed by atoms with Gasteiger partial charge in [-0.15, -0.1) is 0 Å². The van der Waals surface area contributed by atoms with E-state index in [-0.39, 0.29) is 0 Å². The molecular formula is C13H21NO2. The van der Waals surface area contributed by atoms with Crippen molar-refractivity contribution in [2.24, 2.45) is 0 Å². The Balaban J connectivity index is 2.98. The molecule has 0 amide bonds. The van der Waals surface area contributed by atoms with E-state index in [1.807, 2.05) is 26.1 Å². The third-order valence-corrected chi connectivity index (χ3v) is 2.65. The quantitative estimate of drug-likeness (QED) is 0.804. The first-order valence-electron chi connectivity index (χ1n) is 5.74. The van der Waals surface area contributed by atoms with Gasteiger partial charge in [0, 0.05) is 6.04 Å². The Hall–Kier alpha value is -1.22. The Morgan fingerprint density at radius 3 is 2.50 bits per heavy atom. The Morgan fingerprint density at radius 1 is 1.25 bits per heavy atom. The van der Waals surface area contributed by atoms with Crippen molar-refractivity contribution in [3.05, 3.63) is 23.8 Å². The van der Waals surface area contributed by atoms with E-state index in [1.54, 1.807) is 7.11 Å². The molecule has 1 aromatic rings. The molecule has 0 saturated heterocycles. The molecule has 0 fully saturated rings. The van der Waals surface area contributed by atoms with Gasteiger partial charge in [0.05, 0.1) is 13.7 Å². The molecule has 0 aliphatic heterocycles. The molecule has 1 N–H and O–H groups in total. The molecule has 1 aromatic carbocycles. The Bertz CT molecular complexity index is 322. The summed E-state index contributed by atoms with van der Waals surface area (Å²) in [6.45, 7) is 4.78. The second kappa shape index (κ2) is 6.38. The van der Waals surface area contributed by atoms with Gasteiger partial charge < -0.3 is 14.8 Å². The van der Waals surface area contributed by atoms with Gasteiger partial charge in [0.2, 0.25) is 0 Å². The summed E-state index contributed by atoms with van der Waals surface area (Å²) in [6.07, 6.45) is 1.05. The van der Waals surface area contributed by atoms with Gasteiger partial charge in [0.1, 0.15) is 0 Å². The van der Waals surface area contributed by atoms with E-state index in [1.165, 1.54) is 5.56 Å². The first-order chi connectivity index (χ1) is 7.76. The van der Waals surface area contributed by atoms with Crippen molar-refractivity contribution in [1.29, 1.82) is 0 Å². The smallest absolute Gasteiger partial charge is 0.161 e. The number of benzene rings is 1. The number of nitrogens with one attached hydrogen (secondary N) is 1. The maximum atomic E-state index is 5.48. The Morgan fingerprint density at radius 2 is 2.00 bits per heavy atom. The predicted octanol–water partition coefficient (Wildman–Crippen LogP) is 2.76. The zero-order valence-corrected chi connectivity index (χ0v) is 10.5. The first kappa shape index (κ1) is 12.8. The van der Waals surface area contributed by atoms with E-state index < -0.39 is 0 Å². The van der Waals surface area contributed by atoms with Crippen LogP contribution in [0.3, 0.4) is 0 Å². The first-order valence-corrected chi connectivity index (χ1v) is 5.74. The molecule has 1 atom stereocenters. The SMILES string of the molecule is CCOc1ccc([C@@H](CC)NC)cc1OC. The summed E-state index contributed by atoms with van der Waals surface area (Å²) < 4.78 is 10.8. The van der Waals surface area contributed by atoms with Crippen molar-refractivity contribution >= 4 is 0 Å². The molecule has 0 bridgehead atoms. The summed E-state index contributed by atoms with van der Waals surface area (Å²) in [5.41, 5.74) is 1.23. The van der Waals surface area contributed by atoms with Crippen LogP contribution in [0.4, 0.5) is 0 Å². The maximum absolute atomic E-state index is 5.48. The van der Waals surface area contributed by atoms with Gasteiger partial charge in [0.15, 0.2) is 11.5 Å².